The Bertz CT molecular complexity index is 865. The number of aromatic hydroxyl groups is 1. The van der Waals surface area contributed by atoms with Gasteiger partial charge in [0.2, 0.25) is 5.89 Å². The zero-order valence-corrected chi connectivity index (χ0v) is 14.2. The van der Waals surface area contributed by atoms with E-state index >= 15 is 0 Å². The Morgan fingerprint density at radius 2 is 1.79 bits per heavy atom. The lowest BCUT2D eigenvalue weighted by atomic mass is 10.1. The average molecular weight is 341 g/mol. The minimum Gasteiger partial charge on any atom is -0.479 e. The van der Waals surface area contributed by atoms with Gasteiger partial charge in [-0.15, -0.1) is 0 Å². The van der Waals surface area contributed by atoms with Crippen LogP contribution in [0.4, 0.5) is 0 Å². The number of nitrogens with zero attached hydrogens (tertiary/aromatic N) is 2. The number of aromatic nitrogens is 1. The van der Waals surface area contributed by atoms with Crippen LogP contribution in [-0.4, -0.2) is 15.8 Å². The van der Waals surface area contributed by atoms with Gasteiger partial charge in [-0.25, -0.2) is 4.98 Å². The Morgan fingerprint density at radius 1 is 1.12 bits per heavy atom. The topological polar surface area (TPSA) is 58.6 Å². The third-order valence-electron chi connectivity index (χ3n) is 3.66. The number of benzene rings is 2. The van der Waals surface area contributed by atoms with E-state index in [9.17, 15) is 5.11 Å². The molecule has 0 bridgehead atoms. The van der Waals surface area contributed by atoms with Crippen molar-refractivity contribution in [3.05, 3.63) is 70.4 Å². The SMILES string of the molecule is CC(=NCc1ccc(C)cc1)c1nc(-c2ccc(Cl)cc2)oc1O. The van der Waals surface area contributed by atoms with Gasteiger partial charge in [-0.05, 0) is 43.7 Å². The Hall–Kier alpha value is -2.59. The zero-order valence-electron chi connectivity index (χ0n) is 13.5. The van der Waals surface area contributed by atoms with E-state index in [4.69, 9.17) is 16.0 Å². The summed E-state index contributed by atoms with van der Waals surface area (Å²) >= 11 is 5.88. The lowest BCUT2D eigenvalue weighted by molar-refractivity contribution is 0.336. The predicted octanol–water partition coefficient (Wildman–Crippen LogP) is 5.02. The summed E-state index contributed by atoms with van der Waals surface area (Å²) in [6.07, 6.45) is 0. The maximum absolute atomic E-state index is 10.0. The van der Waals surface area contributed by atoms with Gasteiger partial charge in [0, 0.05) is 10.6 Å². The summed E-state index contributed by atoms with van der Waals surface area (Å²) in [6, 6.07) is 15.2. The van der Waals surface area contributed by atoms with Crippen LogP contribution in [0.15, 0.2) is 57.9 Å². The lowest BCUT2D eigenvalue weighted by Crippen LogP contribution is -1.97. The molecule has 0 fully saturated rings. The first-order valence-electron chi connectivity index (χ1n) is 7.55. The van der Waals surface area contributed by atoms with Gasteiger partial charge in [-0.2, -0.15) is 0 Å². The van der Waals surface area contributed by atoms with Crippen LogP contribution >= 0.6 is 11.6 Å². The van der Waals surface area contributed by atoms with Crippen molar-refractivity contribution in [1.29, 1.82) is 0 Å². The van der Waals surface area contributed by atoms with E-state index in [1.54, 1.807) is 31.2 Å². The van der Waals surface area contributed by atoms with Crippen LogP contribution in [0.2, 0.25) is 5.02 Å². The normalized spacial score (nSPS) is 11.7. The molecule has 0 aliphatic heterocycles. The molecule has 0 saturated carbocycles. The molecule has 1 heterocycles. The molecule has 3 rings (SSSR count). The van der Waals surface area contributed by atoms with Crippen LogP contribution in [0.1, 0.15) is 23.7 Å². The highest BCUT2D eigenvalue weighted by Crippen LogP contribution is 2.27. The third kappa shape index (κ3) is 3.66. The number of aryl methyl sites for hydroxylation is 1. The van der Waals surface area contributed by atoms with Crippen LogP contribution in [0.25, 0.3) is 11.5 Å². The van der Waals surface area contributed by atoms with Gasteiger partial charge in [0.1, 0.15) is 0 Å². The van der Waals surface area contributed by atoms with Gasteiger partial charge < -0.3 is 9.52 Å². The first-order chi connectivity index (χ1) is 11.5. The van der Waals surface area contributed by atoms with Crippen LogP contribution in [0.5, 0.6) is 5.95 Å². The third-order valence-corrected chi connectivity index (χ3v) is 3.91. The molecule has 4 nitrogen and oxygen atoms in total. The highest BCUT2D eigenvalue weighted by Gasteiger charge is 2.16. The molecular formula is C19H17ClN2O2. The van der Waals surface area contributed by atoms with E-state index in [2.05, 4.69) is 9.98 Å². The fourth-order valence-electron chi connectivity index (χ4n) is 2.24. The number of oxazole rings is 1. The summed E-state index contributed by atoms with van der Waals surface area (Å²) < 4.78 is 5.35. The summed E-state index contributed by atoms with van der Waals surface area (Å²) in [5, 5.41) is 10.6. The Labute approximate surface area is 145 Å². The largest absolute Gasteiger partial charge is 0.479 e. The van der Waals surface area contributed by atoms with Gasteiger partial charge in [0.25, 0.3) is 0 Å². The zero-order chi connectivity index (χ0) is 17.1. The fraction of sp³-hybridized carbons (Fsp3) is 0.158. The number of rotatable bonds is 4. The van der Waals surface area contributed by atoms with E-state index in [0.29, 0.717) is 28.9 Å². The van der Waals surface area contributed by atoms with Gasteiger partial charge in [0.05, 0.1) is 12.3 Å². The van der Waals surface area contributed by atoms with E-state index in [0.717, 1.165) is 11.1 Å². The van der Waals surface area contributed by atoms with Crippen LogP contribution < -0.4 is 0 Å². The summed E-state index contributed by atoms with van der Waals surface area (Å²) in [5.41, 5.74) is 4.03. The average Bonchev–Trinajstić information content (AvgIpc) is 2.96. The second kappa shape index (κ2) is 6.89. The summed E-state index contributed by atoms with van der Waals surface area (Å²) in [4.78, 5) is 8.83. The van der Waals surface area contributed by atoms with Gasteiger partial charge in [-0.3, -0.25) is 4.99 Å². The lowest BCUT2D eigenvalue weighted by Gasteiger charge is -1.99. The first kappa shape index (κ1) is 16.3. The Balaban J connectivity index is 1.82. The maximum atomic E-state index is 10.0. The minimum absolute atomic E-state index is 0.231. The van der Waals surface area contributed by atoms with Crippen molar-refractivity contribution in [2.24, 2.45) is 4.99 Å². The van der Waals surface area contributed by atoms with Crippen molar-refractivity contribution in [2.75, 3.05) is 0 Å². The molecule has 0 saturated heterocycles. The predicted molar refractivity (Wildman–Crippen MR) is 95.7 cm³/mol. The first-order valence-corrected chi connectivity index (χ1v) is 7.93. The van der Waals surface area contributed by atoms with Crippen molar-refractivity contribution < 1.29 is 9.52 Å². The fourth-order valence-corrected chi connectivity index (χ4v) is 2.37. The monoisotopic (exact) mass is 340 g/mol. The molecule has 5 heteroatoms. The molecule has 0 spiro atoms. The molecule has 122 valence electrons. The minimum atomic E-state index is -0.231. The summed E-state index contributed by atoms with van der Waals surface area (Å²) in [6.45, 7) is 4.37. The second-order valence-corrected chi connectivity index (χ2v) is 6.00. The highest BCUT2D eigenvalue weighted by molar-refractivity contribution is 6.30. The molecular weight excluding hydrogens is 324 g/mol. The molecule has 0 atom stereocenters. The van der Waals surface area contributed by atoms with Crippen LogP contribution in [0.3, 0.4) is 0 Å². The Kier molecular flexibility index (Phi) is 4.67. The molecule has 1 aromatic heterocycles. The standard InChI is InChI=1S/C19H17ClN2O2/c1-12-3-5-14(6-4-12)11-21-13(2)17-19(23)24-18(22-17)15-7-9-16(20)10-8-15/h3-10,23H,11H2,1-2H3. The molecule has 0 radical (unpaired) electrons. The van der Waals surface area contributed by atoms with Crippen LogP contribution in [-0.2, 0) is 6.54 Å². The van der Waals surface area contributed by atoms with E-state index in [-0.39, 0.29) is 5.95 Å². The number of hydrogen-bond donors (Lipinski definition) is 1. The number of hydrogen-bond acceptors (Lipinski definition) is 4. The Morgan fingerprint density at radius 3 is 2.46 bits per heavy atom. The molecule has 3 aromatic rings. The van der Waals surface area contributed by atoms with E-state index < -0.39 is 0 Å². The molecule has 1 N–H and O–H groups in total. The van der Waals surface area contributed by atoms with Crippen LogP contribution in [0, 0.1) is 6.92 Å². The number of aliphatic imine (C=N–C) groups is 1. The van der Waals surface area contributed by atoms with Gasteiger partial charge in [0.15, 0.2) is 5.69 Å². The van der Waals surface area contributed by atoms with Crippen molar-refractivity contribution in [3.63, 3.8) is 0 Å². The summed E-state index contributed by atoms with van der Waals surface area (Å²) in [7, 11) is 0. The molecule has 0 aliphatic rings. The van der Waals surface area contributed by atoms with Crippen molar-refractivity contribution in [3.8, 4) is 17.4 Å². The van der Waals surface area contributed by atoms with E-state index in [1.165, 1.54) is 5.56 Å². The van der Waals surface area contributed by atoms with Gasteiger partial charge in [-0.1, -0.05) is 41.4 Å². The quantitative estimate of drug-likeness (QED) is 0.678. The molecule has 0 aliphatic carbocycles. The smallest absolute Gasteiger partial charge is 0.312 e. The van der Waals surface area contributed by atoms with Crippen molar-refractivity contribution >= 4 is 17.3 Å². The van der Waals surface area contributed by atoms with Gasteiger partial charge >= 0.3 is 5.95 Å². The van der Waals surface area contributed by atoms with Crippen molar-refractivity contribution in [2.45, 2.75) is 20.4 Å². The second-order valence-electron chi connectivity index (χ2n) is 5.57. The maximum Gasteiger partial charge on any atom is 0.312 e. The van der Waals surface area contributed by atoms with E-state index in [1.807, 2.05) is 31.2 Å². The molecule has 0 unspecified atom stereocenters. The van der Waals surface area contributed by atoms with Crippen molar-refractivity contribution in [1.82, 2.24) is 4.98 Å². The highest BCUT2D eigenvalue weighted by atomic mass is 35.5. The number of halogens is 1. The molecule has 0 amide bonds. The molecule has 24 heavy (non-hydrogen) atoms. The summed E-state index contributed by atoms with van der Waals surface area (Å²) in [5.74, 6) is 0.106. The molecule has 2 aromatic carbocycles.